The van der Waals surface area contributed by atoms with Gasteiger partial charge in [-0.05, 0) is 139 Å². The van der Waals surface area contributed by atoms with Crippen LogP contribution in [0.25, 0.3) is 0 Å². The molecule has 111 heavy (non-hydrogen) atoms. The normalized spacial score (nSPS) is 11.3. The Bertz CT molecular complexity index is 3910. The minimum Gasteiger partial charge on any atom is -0.479 e. The first-order valence-electron chi connectivity index (χ1n) is 31.9. The number of carboxylic acids is 5. The van der Waals surface area contributed by atoms with E-state index in [4.69, 9.17) is 81.9 Å². The van der Waals surface area contributed by atoms with Crippen molar-refractivity contribution in [1.82, 2.24) is 0 Å². The molecule has 0 saturated heterocycles. The summed E-state index contributed by atoms with van der Waals surface area (Å²) in [5, 5.41) is 44.4. The molecule has 0 heterocycles. The molecule has 37 heteroatoms. The second-order valence-electron chi connectivity index (χ2n) is 22.2. The van der Waals surface area contributed by atoms with Gasteiger partial charge < -0.3 is 58.7 Å². The Morgan fingerprint density at radius 3 is 0.955 bits per heavy atom. The van der Waals surface area contributed by atoms with Crippen LogP contribution in [0.5, 0.6) is 34.5 Å². The molecule has 0 unspecified atom stereocenters. The number of ketones is 6. The highest BCUT2D eigenvalue weighted by atomic mass is 79.9. The third kappa shape index (κ3) is 39.6. The summed E-state index contributed by atoms with van der Waals surface area (Å²) in [5.74, 6) is -9.35. The summed E-state index contributed by atoms with van der Waals surface area (Å²) in [5.41, 5.74) is 1.24. The Kier molecular flexibility index (Phi) is 59.1. The van der Waals surface area contributed by atoms with E-state index < -0.39 is 101 Å². The van der Waals surface area contributed by atoms with Gasteiger partial charge in [-0.15, -0.1) is 0 Å². The van der Waals surface area contributed by atoms with Gasteiger partial charge in [0.2, 0.25) is 0 Å². The van der Waals surface area contributed by atoms with Crippen molar-refractivity contribution in [3.63, 3.8) is 0 Å². The number of ether oxygens (including phenoxy) is 7. The molecule has 0 aliphatic heterocycles. The molecule has 0 spiro atoms. The fourth-order valence-corrected chi connectivity index (χ4v) is 8.98. The number of methoxy groups -OCH3 is 1. The lowest BCUT2D eigenvalue weighted by Gasteiger charge is -2.21. The molecule has 0 aliphatic carbocycles. The Hall–Kier alpha value is -7.61. The second kappa shape index (κ2) is 57.4. The molecule has 0 bridgehead atoms. The van der Waals surface area contributed by atoms with Crippen LogP contribution < -0.4 is 28.4 Å². The molecule has 618 valence electrons. The summed E-state index contributed by atoms with van der Waals surface area (Å²) >= 11 is 18.1. The predicted molar refractivity (Wildman–Crippen MR) is 449 cm³/mol. The minimum absolute atomic E-state index is 0. The fourth-order valence-electron chi connectivity index (χ4n) is 7.91. The quantitative estimate of drug-likeness (QED) is 0.0206. The minimum atomic E-state index is -1.34. The van der Waals surface area contributed by atoms with E-state index in [1.807, 2.05) is 13.8 Å². The maximum absolute atomic E-state index is 13.5. The van der Waals surface area contributed by atoms with Crippen molar-refractivity contribution in [3.8, 4) is 34.5 Å². The number of carbonyl (C=O) groups excluding carboxylic acids is 7. The Balaban J connectivity index is -0.000000295. The average Bonchev–Trinajstić information content (AvgIpc) is 0.879. The van der Waals surface area contributed by atoms with E-state index in [0.717, 1.165) is 27.1 Å². The maximum atomic E-state index is 13.5. The summed E-state index contributed by atoms with van der Waals surface area (Å²) in [6.07, 6.45) is -4.94. The van der Waals surface area contributed by atoms with Crippen molar-refractivity contribution in [3.05, 3.63) is 173 Å². The third-order valence-electron chi connectivity index (χ3n) is 13.7. The Labute approximate surface area is 709 Å². The van der Waals surface area contributed by atoms with E-state index >= 15 is 0 Å². The van der Waals surface area contributed by atoms with Crippen molar-refractivity contribution in [1.29, 1.82) is 0 Å². The first kappa shape index (κ1) is 114. The number of halogens is 7. The molecule has 6 atom stereocenters. The predicted octanol–water partition coefficient (Wildman–Crippen LogP) is 17.0. The van der Waals surface area contributed by atoms with Crippen LogP contribution in [0.3, 0.4) is 0 Å². The number of hydrogen-bond acceptors (Lipinski definition) is 19. The zero-order chi connectivity index (χ0) is 80.4. The summed E-state index contributed by atoms with van der Waals surface area (Å²) in [6, 6.07) is 23.9. The number of Topliss-reactive ketones (excluding diaryl/α,β-unsaturated/α-hetero) is 6. The van der Waals surface area contributed by atoms with Crippen LogP contribution in [0, 0.1) is 23.4 Å². The lowest BCUT2D eigenvalue weighted by atomic mass is 10.1. The van der Waals surface area contributed by atoms with Crippen LogP contribution in [0.15, 0.2) is 112 Å². The summed E-state index contributed by atoms with van der Waals surface area (Å²) in [7, 11) is 1.32. The van der Waals surface area contributed by atoms with E-state index in [-0.39, 0.29) is 163 Å². The van der Waals surface area contributed by atoms with Gasteiger partial charge in [0.1, 0.15) is 40.4 Å². The highest BCUT2D eigenvalue weighted by molar-refractivity contribution is 9.10. The van der Waals surface area contributed by atoms with Crippen molar-refractivity contribution in [2.24, 2.45) is 5.92 Å². The van der Waals surface area contributed by atoms with Crippen LogP contribution in [0.4, 0.5) is 13.2 Å². The molecule has 6 aromatic carbocycles. The largest absolute Gasteiger partial charge is 0.479 e. The summed E-state index contributed by atoms with van der Waals surface area (Å²) in [4.78, 5) is 135. The highest BCUT2D eigenvalue weighted by Gasteiger charge is 2.28. The number of aliphatic carboxylic acids is 5. The average molecular weight is 1850 g/mol. The van der Waals surface area contributed by atoms with Crippen LogP contribution in [-0.4, -0.2) is 140 Å². The van der Waals surface area contributed by atoms with E-state index in [1.54, 1.807) is 70.2 Å². The van der Waals surface area contributed by atoms with Crippen LogP contribution in [0.1, 0.15) is 184 Å². The fraction of sp³-hybridized carbons (Fsp3) is 0.351. The molecule has 6 rings (SSSR count). The van der Waals surface area contributed by atoms with Gasteiger partial charge in [0, 0.05) is 63.1 Å². The lowest BCUT2D eigenvalue weighted by Crippen LogP contribution is -2.34. The SMILES string of the molecule is CC(=O)c1cc(Cl)ccc1O[C@@H](C)C(=O)O.CCC(=O)c1cc(Br)ccc1O[C@@H](C)C(=O)O.CCC(=O)c1cc(Br)ccc1O[C@H](C(=O)OC)C(C)C.CCC(=O)c1cc(Cl)ccc1O[C@@H](C)C(=O)O.CCC(=O)c1cc(F)cc(F)c1O[C@@H](C)C(=O)O.CCC(=O)c1cc(F)ccc1O[C@@H](C)C(=O)O.S.S.S.S.S.S. The standard InChI is InChI=1S/C15H19BrO4.C12H13BrO4.C12H13ClO4.C12H12F2O4.C12H13FO4.C11H11ClO4.6H2S/c1-5-12(17)11-8-10(16)6-7-13(11)20-14(9(2)3)15(18)19-4;2*1-3-10(14)9-6-8(13)4-5-11(9)17-7(2)12(15)16;1-3-10(15)8-4-7(13)5-9(14)11(8)18-6(2)12(16)17;1-3-10(14)9-6-8(13)4-5-11(9)17-7(2)12(15)16;1-6(13)9-5-8(12)3-4-10(9)16-7(2)11(14)15;;;;;;/h6-9,14H,5H2,1-4H3;2*4-7H,3H2,1-2H3,(H,15,16);4-6H,3H2,1-2H3,(H,16,17);4-7H,3H2,1-2H3,(H,15,16);3-5,7H,1-2H3,(H,14,15);6*1H2/t14-;2*7-;6-;2*7-;;;;;;/m000000....../s1. The maximum Gasteiger partial charge on any atom is 0.347 e. The molecule has 5 N–H and O–H groups in total. The van der Waals surface area contributed by atoms with E-state index in [0.29, 0.717) is 63.6 Å². The number of benzene rings is 6. The molecule has 0 fully saturated rings. The van der Waals surface area contributed by atoms with Crippen LogP contribution in [0.2, 0.25) is 10.0 Å². The zero-order valence-corrected chi connectivity index (χ0v) is 73.2. The molecule has 0 radical (unpaired) electrons. The lowest BCUT2D eigenvalue weighted by molar-refractivity contribution is -0.151. The van der Waals surface area contributed by atoms with Gasteiger partial charge >= 0.3 is 35.8 Å². The van der Waals surface area contributed by atoms with Crippen LogP contribution in [-0.2, 0) is 33.5 Å². The van der Waals surface area contributed by atoms with E-state index in [1.165, 1.54) is 92.0 Å². The smallest absolute Gasteiger partial charge is 0.347 e. The Morgan fingerprint density at radius 2 is 0.640 bits per heavy atom. The van der Waals surface area contributed by atoms with Crippen molar-refractivity contribution in [2.45, 2.75) is 159 Å². The van der Waals surface area contributed by atoms with Crippen molar-refractivity contribution in [2.75, 3.05) is 7.11 Å². The monoisotopic (exact) mass is 1840 g/mol. The van der Waals surface area contributed by atoms with Gasteiger partial charge in [0.25, 0.3) is 0 Å². The molecule has 0 amide bonds. The third-order valence-corrected chi connectivity index (χ3v) is 15.2. The molecule has 0 aliphatic rings. The molecule has 0 saturated carbocycles. The number of rotatable bonds is 30. The molecular formula is C74H93Br2Cl2F3O24S6. The van der Waals surface area contributed by atoms with Crippen molar-refractivity contribution >= 4 is 207 Å². The van der Waals surface area contributed by atoms with E-state index in [9.17, 15) is 70.7 Å². The van der Waals surface area contributed by atoms with E-state index in [2.05, 4.69) is 31.9 Å². The van der Waals surface area contributed by atoms with Gasteiger partial charge in [-0.1, -0.05) is 104 Å². The number of hydrogen-bond donors (Lipinski definition) is 5. The number of esters is 1. The highest BCUT2D eigenvalue weighted by Crippen LogP contribution is 2.32. The molecular weight excluding hydrogens is 1750 g/mol. The molecule has 6 aromatic rings. The topological polar surface area (TPSA) is 371 Å². The van der Waals surface area contributed by atoms with Crippen LogP contribution >= 0.6 is 136 Å². The zero-order valence-electron chi connectivity index (χ0n) is 62.5. The Morgan fingerprint density at radius 1 is 0.369 bits per heavy atom. The second-order valence-corrected chi connectivity index (χ2v) is 24.9. The first-order valence-corrected chi connectivity index (χ1v) is 34.2. The molecule has 0 aromatic heterocycles. The van der Waals surface area contributed by atoms with Gasteiger partial charge in [-0.25, -0.2) is 41.9 Å². The van der Waals surface area contributed by atoms with Gasteiger partial charge in [0.05, 0.1) is 40.5 Å². The number of carbonyl (C=O) groups is 12. The first-order chi connectivity index (χ1) is 49.0. The van der Waals surface area contributed by atoms with Gasteiger partial charge in [0.15, 0.2) is 82.9 Å². The summed E-state index contributed by atoms with van der Waals surface area (Å²) in [6.45, 7) is 20.2. The van der Waals surface area contributed by atoms with Crippen molar-refractivity contribution < 1.29 is 129 Å². The van der Waals surface area contributed by atoms with Gasteiger partial charge in [-0.3, -0.25) is 28.8 Å². The summed E-state index contributed by atoms with van der Waals surface area (Å²) < 4.78 is 77.1. The van der Waals surface area contributed by atoms with Gasteiger partial charge in [-0.2, -0.15) is 81.0 Å². The molecule has 24 nitrogen and oxygen atoms in total. The number of carboxylic acid groups (broad SMARTS) is 5.